The SMILES string of the molecule is COC(=O)[C@H](CO)N1C2CCCC1CC(=O)C2. The quantitative estimate of drug-likeness (QED) is 0.710. The van der Waals surface area contributed by atoms with E-state index >= 15 is 0 Å². The Labute approximate surface area is 101 Å². The Morgan fingerprint density at radius 1 is 1.47 bits per heavy atom. The summed E-state index contributed by atoms with van der Waals surface area (Å²) in [6, 6.07) is -0.402. The molecule has 96 valence electrons. The first kappa shape index (κ1) is 12.5. The van der Waals surface area contributed by atoms with Gasteiger partial charge in [0.05, 0.1) is 13.7 Å². The number of fused-ring (bicyclic) bond motifs is 2. The molecule has 0 aromatic carbocycles. The summed E-state index contributed by atoms with van der Waals surface area (Å²) >= 11 is 0. The third-order valence-electron chi connectivity index (χ3n) is 3.85. The molecule has 2 aliphatic rings. The fourth-order valence-electron chi connectivity index (χ4n) is 3.14. The largest absolute Gasteiger partial charge is 0.468 e. The molecule has 0 radical (unpaired) electrons. The monoisotopic (exact) mass is 241 g/mol. The molecular weight excluding hydrogens is 222 g/mol. The predicted molar refractivity (Wildman–Crippen MR) is 60.4 cm³/mol. The van der Waals surface area contributed by atoms with Crippen LogP contribution >= 0.6 is 0 Å². The van der Waals surface area contributed by atoms with Crippen LogP contribution in [0.3, 0.4) is 0 Å². The van der Waals surface area contributed by atoms with E-state index in [-0.39, 0.29) is 24.5 Å². The number of hydrogen-bond acceptors (Lipinski definition) is 5. The van der Waals surface area contributed by atoms with Gasteiger partial charge >= 0.3 is 5.97 Å². The molecule has 2 saturated heterocycles. The molecule has 2 fully saturated rings. The number of ether oxygens (including phenoxy) is 1. The van der Waals surface area contributed by atoms with E-state index in [0.717, 1.165) is 19.3 Å². The van der Waals surface area contributed by atoms with E-state index in [9.17, 15) is 14.7 Å². The highest BCUT2D eigenvalue weighted by Crippen LogP contribution is 2.34. The van der Waals surface area contributed by atoms with Crippen LogP contribution in [0.4, 0.5) is 0 Å². The van der Waals surface area contributed by atoms with Gasteiger partial charge in [0.15, 0.2) is 0 Å². The van der Waals surface area contributed by atoms with E-state index in [1.807, 2.05) is 4.90 Å². The van der Waals surface area contributed by atoms with Crippen molar-refractivity contribution in [1.29, 1.82) is 0 Å². The van der Waals surface area contributed by atoms with Crippen LogP contribution in [0.15, 0.2) is 0 Å². The maximum absolute atomic E-state index is 11.6. The lowest BCUT2D eigenvalue weighted by Crippen LogP contribution is -2.60. The summed E-state index contributed by atoms with van der Waals surface area (Å²) in [6.07, 6.45) is 3.96. The molecule has 5 nitrogen and oxygen atoms in total. The number of carbonyl (C=O) groups excluding carboxylic acids is 2. The van der Waals surface area contributed by atoms with Gasteiger partial charge in [-0.2, -0.15) is 0 Å². The van der Waals surface area contributed by atoms with Gasteiger partial charge in [-0.25, -0.2) is 0 Å². The number of esters is 1. The molecule has 0 aromatic rings. The first-order chi connectivity index (χ1) is 8.17. The average Bonchev–Trinajstić information content (AvgIpc) is 2.30. The van der Waals surface area contributed by atoms with Gasteiger partial charge in [0, 0.05) is 24.9 Å². The van der Waals surface area contributed by atoms with Crippen molar-refractivity contribution < 1.29 is 19.4 Å². The van der Waals surface area contributed by atoms with Gasteiger partial charge in [0.25, 0.3) is 0 Å². The Morgan fingerprint density at radius 2 is 2.06 bits per heavy atom. The van der Waals surface area contributed by atoms with Crippen LogP contribution in [0, 0.1) is 0 Å². The van der Waals surface area contributed by atoms with Crippen LogP contribution < -0.4 is 0 Å². The minimum Gasteiger partial charge on any atom is -0.468 e. The smallest absolute Gasteiger partial charge is 0.325 e. The summed E-state index contributed by atoms with van der Waals surface area (Å²) in [5.74, 6) is -0.128. The fraction of sp³-hybridized carbons (Fsp3) is 0.833. The van der Waals surface area contributed by atoms with Gasteiger partial charge in [0.1, 0.15) is 11.8 Å². The van der Waals surface area contributed by atoms with Crippen LogP contribution in [-0.4, -0.2) is 53.6 Å². The van der Waals surface area contributed by atoms with E-state index < -0.39 is 12.0 Å². The molecule has 0 spiro atoms. The van der Waals surface area contributed by atoms with Crippen molar-refractivity contribution in [2.45, 2.75) is 50.2 Å². The first-order valence-electron chi connectivity index (χ1n) is 6.15. The van der Waals surface area contributed by atoms with Gasteiger partial charge in [-0.1, -0.05) is 6.42 Å². The number of piperidine rings is 2. The molecule has 2 rings (SSSR count). The minimum atomic E-state index is -0.608. The van der Waals surface area contributed by atoms with Crippen molar-refractivity contribution in [3.05, 3.63) is 0 Å². The van der Waals surface area contributed by atoms with Gasteiger partial charge in [-0.3, -0.25) is 14.5 Å². The highest BCUT2D eigenvalue weighted by Gasteiger charge is 2.43. The molecule has 2 aliphatic heterocycles. The second kappa shape index (κ2) is 5.14. The second-order valence-corrected chi connectivity index (χ2v) is 4.85. The van der Waals surface area contributed by atoms with Crippen LogP contribution in [0.1, 0.15) is 32.1 Å². The van der Waals surface area contributed by atoms with Crippen molar-refractivity contribution in [2.75, 3.05) is 13.7 Å². The average molecular weight is 241 g/mol. The topological polar surface area (TPSA) is 66.8 Å². The molecule has 0 aromatic heterocycles. The molecule has 17 heavy (non-hydrogen) atoms. The lowest BCUT2D eigenvalue weighted by molar-refractivity contribution is -0.156. The number of nitrogens with zero attached hydrogens (tertiary/aromatic N) is 1. The summed E-state index contributed by atoms with van der Waals surface area (Å²) in [7, 11) is 1.33. The van der Waals surface area contributed by atoms with Crippen molar-refractivity contribution in [1.82, 2.24) is 4.90 Å². The normalized spacial score (nSPS) is 31.1. The highest BCUT2D eigenvalue weighted by atomic mass is 16.5. The Balaban J connectivity index is 2.18. The Kier molecular flexibility index (Phi) is 3.79. The summed E-state index contributed by atoms with van der Waals surface area (Å²) in [6.45, 7) is -0.242. The Hall–Kier alpha value is -0.940. The zero-order valence-electron chi connectivity index (χ0n) is 10.1. The Morgan fingerprint density at radius 3 is 2.53 bits per heavy atom. The summed E-state index contributed by atoms with van der Waals surface area (Å²) < 4.78 is 4.72. The molecule has 3 atom stereocenters. The molecule has 0 aliphatic carbocycles. The summed E-state index contributed by atoms with van der Waals surface area (Å²) in [5.41, 5.74) is 0. The van der Waals surface area contributed by atoms with E-state index in [4.69, 9.17) is 4.74 Å². The van der Waals surface area contributed by atoms with E-state index in [0.29, 0.717) is 12.8 Å². The Bertz CT molecular complexity index is 302. The third-order valence-corrected chi connectivity index (χ3v) is 3.85. The number of ketones is 1. The van der Waals surface area contributed by atoms with Crippen LogP contribution in [0.5, 0.6) is 0 Å². The third kappa shape index (κ3) is 2.35. The van der Waals surface area contributed by atoms with E-state index in [1.54, 1.807) is 0 Å². The highest BCUT2D eigenvalue weighted by molar-refractivity contribution is 5.82. The van der Waals surface area contributed by atoms with Crippen LogP contribution in [0.25, 0.3) is 0 Å². The van der Waals surface area contributed by atoms with E-state index in [2.05, 4.69) is 0 Å². The van der Waals surface area contributed by atoms with Gasteiger partial charge in [-0.15, -0.1) is 0 Å². The maximum Gasteiger partial charge on any atom is 0.325 e. The second-order valence-electron chi connectivity index (χ2n) is 4.85. The lowest BCUT2D eigenvalue weighted by Gasteiger charge is -2.47. The molecule has 2 heterocycles. The number of carbonyl (C=O) groups is 2. The lowest BCUT2D eigenvalue weighted by atomic mass is 9.82. The molecule has 0 amide bonds. The van der Waals surface area contributed by atoms with Gasteiger partial charge < -0.3 is 9.84 Å². The number of aliphatic hydroxyl groups is 1. The number of rotatable bonds is 3. The molecule has 2 bridgehead atoms. The summed E-state index contributed by atoms with van der Waals surface area (Å²) in [4.78, 5) is 25.2. The summed E-state index contributed by atoms with van der Waals surface area (Å²) in [5, 5.41) is 9.37. The number of aliphatic hydroxyl groups excluding tert-OH is 1. The predicted octanol–water partition coefficient (Wildman–Crippen LogP) is 0.106. The van der Waals surface area contributed by atoms with Crippen molar-refractivity contribution >= 4 is 11.8 Å². The number of Topliss-reactive ketones (excluding diaryl/α,β-unsaturated/α-hetero) is 1. The zero-order valence-corrected chi connectivity index (χ0v) is 10.1. The van der Waals surface area contributed by atoms with E-state index in [1.165, 1.54) is 7.11 Å². The maximum atomic E-state index is 11.6. The standard InChI is InChI=1S/C12H19NO4/c1-17-12(16)11(7-14)13-8-3-2-4-9(13)6-10(15)5-8/h8-9,11,14H,2-7H2,1H3/t8?,9?,11-/m0/s1. The number of methoxy groups -OCH3 is 1. The van der Waals surface area contributed by atoms with Crippen LogP contribution in [0.2, 0.25) is 0 Å². The zero-order chi connectivity index (χ0) is 12.4. The molecular formula is C12H19NO4. The van der Waals surface area contributed by atoms with Crippen molar-refractivity contribution in [3.63, 3.8) is 0 Å². The van der Waals surface area contributed by atoms with Crippen LogP contribution in [-0.2, 0) is 14.3 Å². The van der Waals surface area contributed by atoms with Crippen molar-refractivity contribution in [2.24, 2.45) is 0 Å². The van der Waals surface area contributed by atoms with Crippen molar-refractivity contribution in [3.8, 4) is 0 Å². The fourth-order valence-corrected chi connectivity index (χ4v) is 3.14. The molecule has 2 unspecified atom stereocenters. The molecule has 0 saturated carbocycles. The van der Waals surface area contributed by atoms with Gasteiger partial charge in [0.2, 0.25) is 0 Å². The molecule has 5 heteroatoms. The number of hydrogen-bond donors (Lipinski definition) is 1. The minimum absolute atomic E-state index is 0.103. The van der Waals surface area contributed by atoms with Gasteiger partial charge in [-0.05, 0) is 12.8 Å². The first-order valence-corrected chi connectivity index (χ1v) is 6.15. The molecule has 1 N–H and O–H groups in total.